The van der Waals surface area contributed by atoms with Crippen LogP contribution in [-0.4, -0.2) is 41.2 Å². The average molecular weight is 407 g/mol. The van der Waals surface area contributed by atoms with Crippen LogP contribution in [0.4, 0.5) is 0 Å². The third-order valence-corrected chi connectivity index (χ3v) is 4.54. The molecular formula is C23H25N3O4. The van der Waals surface area contributed by atoms with Gasteiger partial charge in [-0.3, -0.25) is 4.79 Å². The van der Waals surface area contributed by atoms with E-state index >= 15 is 0 Å². The predicted molar refractivity (Wildman–Crippen MR) is 113 cm³/mol. The van der Waals surface area contributed by atoms with Crippen LogP contribution in [0.5, 0.6) is 11.5 Å². The lowest BCUT2D eigenvalue weighted by molar-refractivity contribution is -0.133. The number of ether oxygens (including phenoxy) is 2. The van der Waals surface area contributed by atoms with Crippen molar-refractivity contribution in [1.29, 1.82) is 0 Å². The highest BCUT2D eigenvalue weighted by atomic mass is 16.5. The largest absolute Gasteiger partial charge is 0.497 e. The van der Waals surface area contributed by atoms with Crippen LogP contribution in [0, 0.1) is 13.8 Å². The van der Waals surface area contributed by atoms with Crippen molar-refractivity contribution in [3.8, 4) is 22.9 Å². The van der Waals surface area contributed by atoms with Crippen molar-refractivity contribution in [2.75, 3.05) is 20.3 Å². The summed E-state index contributed by atoms with van der Waals surface area (Å²) in [6.45, 7) is 8.08. The van der Waals surface area contributed by atoms with Crippen LogP contribution in [0.2, 0.25) is 0 Å². The number of carbonyl (C=O) groups is 1. The van der Waals surface area contributed by atoms with Gasteiger partial charge in [-0.2, -0.15) is 4.98 Å². The fraction of sp³-hybridized carbons (Fsp3) is 0.261. The molecule has 1 heterocycles. The van der Waals surface area contributed by atoms with Crippen molar-refractivity contribution in [3.63, 3.8) is 0 Å². The Kier molecular flexibility index (Phi) is 6.85. The minimum Gasteiger partial charge on any atom is -0.497 e. The summed E-state index contributed by atoms with van der Waals surface area (Å²) in [5.41, 5.74) is 2.85. The molecule has 156 valence electrons. The Hall–Kier alpha value is -3.61. The molecule has 0 aliphatic rings. The van der Waals surface area contributed by atoms with E-state index in [0.29, 0.717) is 24.0 Å². The molecule has 0 unspecified atom stereocenters. The van der Waals surface area contributed by atoms with Crippen molar-refractivity contribution in [1.82, 2.24) is 15.0 Å². The molecule has 3 aromatic rings. The minimum absolute atomic E-state index is 0.0857. The number of carbonyl (C=O) groups excluding carboxylic acids is 1. The third kappa shape index (κ3) is 5.26. The normalized spacial score (nSPS) is 10.5. The maximum atomic E-state index is 12.7. The number of rotatable bonds is 9. The Bertz CT molecular complexity index is 1010. The fourth-order valence-corrected chi connectivity index (χ4v) is 2.84. The number of nitrogens with zero attached hydrogens (tertiary/aromatic N) is 3. The molecule has 0 N–H and O–H groups in total. The zero-order valence-electron chi connectivity index (χ0n) is 17.4. The molecule has 0 saturated carbocycles. The maximum Gasteiger partial charge on any atom is 0.261 e. The van der Waals surface area contributed by atoms with E-state index in [9.17, 15) is 4.79 Å². The van der Waals surface area contributed by atoms with Crippen LogP contribution in [0.3, 0.4) is 0 Å². The number of methoxy groups -OCH3 is 1. The van der Waals surface area contributed by atoms with Gasteiger partial charge in [0.1, 0.15) is 18.0 Å². The summed E-state index contributed by atoms with van der Waals surface area (Å²) in [5, 5.41) is 4.01. The van der Waals surface area contributed by atoms with Gasteiger partial charge in [-0.1, -0.05) is 23.4 Å². The van der Waals surface area contributed by atoms with E-state index in [1.54, 1.807) is 18.1 Å². The molecular weight excluding hydrogens is 382 g/mol. The number of hydrogen-bond acceptors (Lipinski definition) is 6. The van der Waals surface area contributed by atoms with E-state index in [0.717, 1.165) is 22.4 Å². The van der Waals surface area contributed by atoms with E-state index in [1.807, 2.05) is 56.3 Å². The Morgan fingerprint density at radius 2 is 1.97 bits per heavy atom. The number of hydrogen-bond donors (Lipinski definition) is 0. The van der Waals surface area contributed by atoms with Gasteiger partial charge >= 0.3 is 0 Å². The van der Waals surface area contributed by atoms with Crippen molar-refractivity contribution in [2.24, 2.45) is 0 Å². The van der Waals surface area contributed by atoms with Crippen molar-refractivity contribution in [2.45, 2.75) is 20.4 Å². The molecule has 0 bridgehead atoms. The number of benzene rings is 2. The second-order valence-corrected chi connectivity index (χ2v) is 6.86. The summed E-state index contributed by atoms with van der Waals surface area (Å²) in [7, 11) is 1.61. The number of amides is 1. The molecule has 7 heteroatoms. The molecule has 2 aromatic carbocycles. The topological polar surface area (TPSA) is 77.7 Å². The highest BCUT2D eigenvalue weighted by Gasteiger charge is 2.18. The lowest BCUT2D eigenvalue weighted by Gasteiger charge is -2.19. The molecule has 1 amide bonds. The molecule has 0 spiro atoms. The molecule has 1 aromatic heterocycles. The van der Waals surface area contributed by atoms with Gasteiger partial charge in [0.2, 0.25) is 11.7 Å². The zero-order chi connectivity index (χ0) is 21.5. The van der Waals surface area contributed by atoms with Gasteiger partial charge in [0.05, 0.1) is 7.11 Å². The van der Waals surface area contributed by atoms with Crippen LogP contribution < -0.4 is 9.47 Å². The van der Waals surface area contributed by atoms with Crippen molar-refractivity contribution in [3.05, 3.63) is 72.1 Å². The molecule has 0 aliphatic heterocycles. The Labute approximate surface area is 175 Å². The summed E-state index contributed by atoms with van der Waals surface area (Å²) < 4.78 is 16.2. The smallest absolute Gasteiger partial charge is 0.261 e. The average Bonchev–Trinajstić information content (AvgIpc) is 3.22. The van der Waals surface area contributed by atoms with Gasteiger partial charge in [0, 0.05) is 12.1 Å². The molecule has 3 rings (SSSR count). The van der Waals surface area contributed by atoms with Crippen LogP contribution in [0.1, 0.15) is 17.0 Å². The van der Waals surface area contributed by atoms with Crippen LogP contribution in [0.15, 0.2) is 59.6 Å². The van der Waals surface area contributed by atoms with Crippen molar-refractivity contribution >= 4 is 5.91 Å². The van der Waals surface area contributed by atoms with Gasteiger partial charge in [-0.05, 0) is 55.3 Å². The van der Waals surface area contributed by atoms with Crippen LogP contribution in [0.25, 0.3) is 11.4 Å². The first-order valence-electron chi connectivity index (χ1n) is 9.56. The Morgan fingerprint density at radius 1 is 1.20 bits per heavy atom. The van der Waals surface area contributed by atoms with Gasteiger partial charge < -0.3 is 18.9 Å². The SMILES string of the molecule is C=CCN(Cc1nc(-c2ccc(OC)cc2)no1)C(=O)COc1cc(C)ccc1C. The Morgan fingerprint density at radius 3 is 2.67 bits per heavy atom. The first kappa shape index (κ1) is 21.1. The lowest BCUT2D eigenvalue weighted by atomic mass is 10.1. The number of aromatic nitrogens is 2. The second kappa shape index (κ2) is 9.73. The van der Waals surface area contributed by atoms with Gasteiger partial charge in [-0.25, -0.2) is 0 Å². The van der Waals surface area contributed by atoms with Gasteiger partial charge in [0.15, 0.2) is 6.61 Å². The molecule has 0 fully saturated rings. The van der Waals surface area contributed by atoms with Gasteiger partial charge in [-0.15, -0.1) is 6.58 Å². The van der Waals surface area contributed by atoms with E-state index < -0.39 is 0 Å². The Balaban J connectivity index is 1.66. The summed E-state index contributed by atoms with van der Waals surface area (Å²) in [4.78, 5) is 18.7. The van der Waals surface area contributed by atoms with E-state index in [1.165, 1.54) is 0 Å². The van der Waals surface area contributed by atoms with Crippen molar-refractivity contribution < 1.29 is 18.8 Å². The minimum atomic E-state index is -0.194. The summed E-state index contributed by atoms with van der Waals surface area (Å²) in [6.07, 6.45) is 1.65. The zero-order valence-corrected chi connectivity index (χ0v) is 17.4. The van der Waals surface area contributed by atoms with E-state index in [-0.39, 0.29) is 19.1 Å². The van der Waals surface area contributed by atoms with Crippen LogP contribution in [-0.2, 0) is 11.3 Å². The summed E-state index contributed by atoms with van der Waals surface area (Å²) in [6, 6.07) is 13.2. The lowest BCUT2D eigenvalue weighted by Crippen LogP contribution is -2.34. The molecule has 0 atom stereocenters. The summed E-state index contributed by atoms with van der Waals surface area (Å²) in [5.74, 6) is 2.03. The second-order valence-electron chi connectivity index (χ2n) is 6.86. The molecule has 0 saturated heterocycles. The first-order chi connectivity index (χ1) is 14.5. The molecule has 7 nitrogen and oxygen atoms in total. The monoisotopic (exact) mass is 407 g/mol. The van der Waals surface area contributed by atoms with Gasteiger partial charge in [0.25, 0.3) is 5.91 Å². The molecule has 0 aliphatic carbocycles. The number of aryl methyl sites for hydroxylation is 2. The van der Waals surface area contributed by atoms with E-state index in [2.05, 4.69) is 16.7 Å². The highest BCUT2D eigenvalue weighted by Crippen LogP contribution is 2.21. The highest BCUT2D eigenvalue weighted by molar-refractivity contribution is 5.78. The standard InChI is InChI=1S/C23H25N3O4/c1-5-12-26(22(27)15-29-20-13-16(2)6-7-17(20)3)14-21-24-23(25-30-21)18-8-10-19(28-4)11-9-18/h5-11,13H,1,12,14-15H2,2-4H3. The quantitative estimate of drug-likeness (QED) is 0.500. The third-order valence-electron chi connectivity index (χ3n) is 4.54. The molecule has 30 heavy (non-hydrogen) atoms. The fourth-order valence-electron chi connectivity index (χ4n) is 2.84. The molecule has 0 radical (unpaired) electrons. The maximum absolute atomic E-state index is 12.7. The summed E-state index contributed by atoms with van der Waals surface area (Å²) >= 11 is 0. The van der Waals surface area contributed by atoms with E-state index in [4.69, 9.17) is 14.0 Å². The first-order valence-corrected chi connectivity index (χ1v) is 9.56. The predicted octanol–water partition coefficient (Wildman–Crippen LogP) is 3.96. The van der Waals surface area contributed by atoms with Crippen LogP contribution >= 0.6 is 0 Å².